The predicted octanol–water partition coefficient (Wildman–Crippen LogP) is 5.76. The fraction of sp³-hybridized carbons (Fsp3) is 1.00. The Morgan fingerprint density at radius 1 is 0.536 bits per heavy atom. The summed E-state index contributed by atoms with van der Waals surface area (Å²) in [7, 11) is 12.3. The van der Waals surface area contributed by atoms with Crippen molar-refractivity contribution in [3.8, 4) is 0 Å². The molecule has 0 aliphatic rings. The van der Waals surface area contributed by atoms with Crippen molar-refractivity contribution in [1.29, 1.82) is 0 Å². The van der Waals surface area contributed by atoms with Gasteiger partial charge in [0.05, 0.1) is 0 Å². The van der Waals surface area contributed by atoms with E-state index in [0.717, 1.165) is 12.8 Å². The van der Waals surface area contributed by atoms with E-state index in [1.54, 1.807) is 42.7 Å². The van der Waals surface area contributed by atoms with Gasteiger partial charge in [0.15, 0.2) is 0 Å². The molecule has 0 radical (unpaired) electrons. The lowest BCUT2D eigenvalue weighted by atomic mass is 10.3. The molecule has 12 heteroatoms. The number of hydrogen-bond donors (Lipinski definition) is 0. The highest BCUT2D eigenvalue weighted by molar-refractivity contribution is 9.26. The molecule has 0 aromatic carbocycles. The summed E-state index contributed by atoms with van der Waals surface area (Å²) in [4.78, 5) is 0. The molecule has 0 saturated carbocycles. The van der Waals surface area contributed by atoms with Crippen molar-refractivity contribution in [1.82, 2.24) is 0 Å². The lowest BCUT2D eigenvalue weighted by molar-refractivity contribution is 0.111. The molecule has 0 rings (SSSR count). The van der Waals surface area contributed by atoms with Gasteiger partial charge in [-0.2, -0.15) is 0 Å². The number of hydrogen-bond acceptors (Lipinski definition) is 10. The van der Waals surface area contributed by atoms with Gasteiger partial charge in [-0.3, -0.25) is 0 Å². The van der Waals surface area contributed by atoms with Gasteiger partial charge in [-0.1, -0.05) is 49.3 Å². The minimum Gasteiger partial charge on any atom is -0.377 e. The van der Waals surface area contributed by atoms with Gasteiger partial charge in [-0.05, 0) is 32.5 Å². The largest absolute Gasteiger partial charge is 0.503 e. The van der Waals surface area contributed by atoms with Gasteiger partial charge in [-0.15, -0.1) is 0 Å². The van der Waals surface area contributed by atoms with Crippen LogP contribution in [0.15, 0.2) is 0 Å². The second-order valence-corrected chi connectivity index (χ2v) is 20.2. The smallest absolute Gasteiger partial charge is 0.377 e. The third-order valence-electron chi connectivity index (χ3n) is 4.72. The van der Waals surface area contributed by atoms with Crippen LogP contribution in [0, 0.1) is 0 Å². The maximum Gasteiger partial charge on any atom is 0.503 e. The van der Waals surface area contributed by atoms with Crippen molar-refractivity contribution >= 4 is 58.8 Å². The molecule has 170 valence electrons. The molecule has 0 bridgehead atoms. The fourth-order valence-corrected chi connectivity index (χ4v) is 15.5. The van der Waals surface area contributed by atoms with E-state index < -0.39 is 17.6 Å². The van der Waals surface area contributed by atoms with Gasteiger partial charge in [0, 0.05) is 64.2 Å². The van der Waals surface area contributed by atoms with E-state index in [4.69, 9.17) is 26.6 Å². The Morgan fingerprint density at radius 3 is 1.00 bits per heavy atom. The number of rotatable bonds is 17. The van der Waals surface area contributed by atoms with Crippen LogP contribution in [-0.2, 0) is 26.6 Å². The maximum absolute atomic E-state index is 5.59. The molecule has 0 heterocycles. The summed E-state index contributed by atoms with van der Waals surface area (Å²) in [6.45, 7) is 8.77. The first-order chi connectivity index (χ1) is 13.2. The summed E-state index contributed by atoms with van der Waals surface area (Å²) in [5, 5.41) is 0.954. The highest BCUT2D eigenvalue weighted by atomic mass is 33.7. The monoisotopic (exact) mass is 510 g/mol. The first-order valence-electron chi connectivity index (χ1n) is 9.17. The first kappa shape index (κ1) is 29.6. The normalized spacial score (nSPS) is 17.4. The molecule has 4 unspecified atom stereocenters. The molecule has 0 aromatic rings. The fourth-order valence-electron chi connectivity index (χ4n) is 3.24. The van der Waals surface area contributed by atoms with E-state index in [1.807, 2.05) is 41.2 Å². The zero-order valence-electron chi connectivity index (χ0n) is 18.8. The van der Waals surface area contributed by atoms with Crippen LogP contribution in [-0.4, -0.2) is 70.8 Å². The highest BCUT2D eigenvalue weighted by Crippen LogP contribution is 2.49. The van der Waals surface area contributed by atoms with Gasteiger partial charge in [-0.25, -0.2) is 0 Å². The summed E-state index contributed by atoms with van der Waals surface area (Å²) in [6.07, 6.45) is 1.97. The van der Waals surface area contributed by atoms with Gasteiger partial charge in [0.25, 0.3) is 0 Å². The van der Waals surface area contributed by atoms with E-state index in [0.29, 0.717) is 10.5 Å². The predicted molar refractivity (Wildman–Crippen MR) is 131 cm³/mol. The van der Waals surface area contributed by atoms with Crippen LogP contribution in [0.4, 0.5) is 0 Å². The van der Waals surface area contributed by atoms with Crippen molar-refractivity contribution in [2.24, 2.45) is 0 Å². The Labute approximate surface area is 189 Å². The van der Waals surface area contributed by atoms with Crippen molar-refractivity contribution in [2.75, 3.05) is 42.7 Å². The summed E-state index contributed by atoms with van der Waals surface area (Å²) < 4.78 is 33.5. The van der Waals surface area contributed by atoms with E-state index in [1.165, 1.54) is 0 Å². The second-order valence-electron chi connectivity index (χ2n) is 6.66. The lowest BCUT2D eigenvalue weighted by Crippen LogP contribution is -2.47. The molecular weight excluding hydrogens is 473 g/mol. The molecule has 0 aliphatic heterocycles. The van der Waals surface area contributed by atoms with Crippen LogP contribution in [0.2, 0.25) is 11.1 Å². The third kappa shape index (κ3) is 8.99. The Hall–Kier alpha value is 1.59. The summed E-state index contributed by atoms with van der Waals surface area (Å²) >= 11 is 0. The van der Waals surface area contributed by atoms with Gasteiger partial charge < -0.3 is 26.6 Å². The average Bonchev–Trinajstić information content (AvgIpc) is 2.69. The van der Waals surface area contributed by atoms with Crippen LogP contribution >= 0.6 is 41.2 Å². The molecule has 0 N–H and O–H groups in total. The zero-order valence-corrected chi connectivity index (χ0v) is 24.1. The Morgan fingerprint density at radius 2 is 0.786 bits per heavy atom. The molecule has 28 heavy (non-hydrogen) atoms. The van der Waals surface area contributed by atoms with Gasteiger partial charge >= 0.3 is 17.6 Å². The van der Waals surface area contributed by atoms with Crippen LogP contribution in [0.25, 0.3) is 0 Å². The van der Waals surface area contributed by atoms with E-state index >= 15 is 0 Å². The quantitative estimate of drug-likeness (QED) is 0.137. The first-order valence-corrected chi connectivity index (χ1v) is 17.7. The van der Waals surface area contributed by atoms with Crippen molar-refractivity contribution in [3.63, 3.8) is 0 Å². The van der Waals surface area contributed by atoms with Gasteiger partial charge in [0.2, 0.25) is 0 Å². The molecule has 6 nitrogen and oxygen atoms in total. The maximum atomic E-state index is 5.59. The minimum atomic E-state index is -2.56. The summed E-state index contributed by atoms with van der Waals surface area (Å²) in [5.41, 5.74) is 0.506. The van der Waals surface area contributed by atoms with E-state index in [9.17, 15) is 0 Å². The topological polar surface area (TPSA) is 55.4 Å². The minimum absolute atomic E-state index is 0.253. The summed E-state index contributed by atoms with van der Waals surface area (Å²) in [6, 6.07) is 0. The molecule has 0 aliphatic carbocycles. The molecule has 4 atom stereocenters. The van der Waals surface area contributed by atoms with Gasteiger partial charge in [0.1, 0.15) is 0 Å². The lowest BCUT2D eigenvalue weighted by Gasteiger charge is -2.31. The highest BCUT2D eigenvalue weighted by Gasteiger charge is 2.45. The van der Waals surface area contributed by atoms with Crippen LogP contribution in [0.5, 0.6) is 0 Å². The Kier molecular flexibility index (Phi) is 16.3. The van der Waals surface area contributed by atoms with Crippen LogP contribution in [0.3, 0.4) is 0 Å². The standard InChI is InChI=1S/C16H38O6S4Si2/c1-13(11-15(3)27(17-5,18-6)19-7)23-25-26-24-14(2)12-16(4)28(20-8,21-9)22-10/h13-16H,11-12H2,1-10H3. The third-order valence-corrected chi connectivity index (χ3v) is 18.3. The van der Waals surface area contributed by atoms with Crippen LogP contribution < -0.4 is 0 Å². The van der Waals surface area contributed by atoms with Crippen molar-refractivity contribution in [2.45, 2.75) is 62.1 Å². The molecule has 0 amide bonds. The molecule has 0 fully saturated rings. The Balaban J connectivity index is 4.27. The zero-order chi connectivity index (χ0) is 21.8. The SMILES string of the molecule is CO[Si](OC)(OC)C(C)CC(C)SSSSC(C)CC(C)[Si](OC)(OC)OC. The van der Waals surface area contributed by atoms with Crippen LogP contribution in [0.1, 0.15) is 40.5 Å². The average molecular weight is 511 g/mol. The Bertz CT molecular complexity index is 353. The molecule has 0 aromatic heterocycles. The van der Waals surface area contributed by atoms with Crippen molar-refractivity contribution < 1.29 is 26.6 Å². The summed E-state index contributed by atoms with van der Waals surface area (Å²) in [5.74, 6) is 0. The van der Waals surface area contributed by atoms with Crippen molar-refractivity contribution in [3.05, 3.63) is 0 Å². The molecule has 0 spiro atoms. The van der Waals surface area contributed by atoms with E-state index in [-0.39, 0.29) is 11.1 Å². The molecule has 0 saturated heterocycles. The van der Waals surface area contributed by atoms with E-state index in [2.05, 4.69) is 27.7 Å². The second kappa shape index (κ2) is 15.4. The molecular formula is C16H38O6S4Si2.